The second-order valence-electron chi connectivity index (χ2n) is 15.1. The van der Waals surface area contributed by atoms with E-state index in [0.29, 0.717) is 35.6 Å². The minimum Gasteiger partial charge on any atom is -0.444 e. The van der Waals surface area contributed by atoms with E-state index in [1.807, 2.05) is 11.4 Å². The summed E-state index contributed by atoms with van der Waals surface area (Å²) in [5.41, 5.74) is 1.68. The molecule has 0 aliphatic heterocycles. The van der Waals surface area contributed by atoms with Crippen LogP contribution in [0.2, 0.25) is 0 Å². The molecule has 2 N–H and O–H groups in total. The van der Waals surface area contributed by atoms with Gasteiger partial charge >= 0.3 is 18.2 Å². The van der Waals surface area contributed by atoms with E-state index in [1.54, 1.807) is 71.6 Å². The maximum atomic E-state index is 13.8. The number of hydrogen-bond donors (Lipinski definition) is 2. The van der Waals surface area contributed by atoms with Gasteiger partial charge in [0.1, 0.15) is 17.0 Å². The van der Waals surface area contributed by atoms with E-state index >= 15 is 0 Å². The number of nitrogens with one attached hydrogen (secondary N) is 2. The zero-order chi connectivity index (χ0) is 40.0. The van der Waals surface area contributed by atoms with Crippen molar-refractivity contribution in [2.24, 2.45) is 10.9 Å². The van der Waals surface area contributed by atoms with Crippen LogP contribution < -0.4 is 15.4 Å². The second kappa shape index (κ2) is 17.2. The molecular weight excluding hydrogens is 713 g/mol. The highest BCUT2D eigenvalue weighted by atomic mass is 32.1. The Bertz CT molecular complexity index is 1900. The largest absolute Gasteiger partial charge is 0.444 e. The van der Waals surface area contributed by atoms with Crippen LogP contribution in [0.4, 0.5) is 15.3 Å². The van der Waals surface area contributed by atoms with Crippen LogP contribution >= 0.6 is 11.3 Å². The molecule has 2 atom stereocenters. The van der Waals surface area contributed by atoms with Crippen LogP contribution in [0.1, 0.15) is 105 Å². The number of aliphatic imine (C=N–C) groups is 1. The number of amides is 3. The number of fused-ring (bicyclic) bond motifs is 1. The van der Waals surface area contributed by atoms with Gasteiger partial charge in [0, 0.05) is 12.5 Å². The molecule has 3 amide bonds. The number of ether oxygens (including phenoxy) is 3. The van der Waals surface area contributed by atoms with Gasteiger partial charge in [-0.3, -0.25) is 25.0 Å². The fourth-order valence-corrected chi connectivity index (χ4v) is 6.37. The van der Waals surface area contributed by atoms with Crippen molar-refractivity contribution in [3.8, 4) is 5.75 Å². The number of carbonyl (C=O) groups excluding carboxylic acids is 6. The number of nitrogens with zero attached hydrogens (tertiary/aromatic N) is 2. The summed E-state index contributed by atoms with van der Waals surface area (Å²) in [6.45, 7) is 15.1. The summed E-state index contributed by atoms with van der Waals surface area (Å²) in [4.78, 5) is 82.5. The van der Waals surface area contributed by atoms with E-state index in [0.717, 1.165) is 16.7 Å². The lowest BCUT2D eigenvalue weighted by Gasteiger charge is -2.33. The fraction of sp³-hybridized carbons (Fsp3) is 0.425. The Morgan fingerprint density at radius 1 is 0.870 bits per heavy atom. The molecule has 13 nitrogen and oxygen atoms in total. The molecule has 1 aliphatic carbocycles. The lowest BCUT2D eigenvalue weighted by atomic mass is 9.82. The molecule has 54 heavy (non-hydrogen) atoms. The predicted octanol–water partition coefficient (Wildman–Crippen LogP) is 7.32. The van der Waals surface area contributed by atoms with Crippen LogP contribution in [0, 0.1) is 5.92 Å². The second-order valence-corrected chi connectivity index (χ2v) is 16.1. The van der Waals surface area contributed by atoms with Crippen molar-refractivity contribution in [2.45, 2.75) is 105 Å². The third-order valence-electron chi connectivity index (χ3n) is 8.24. The summed E-state index contributed by atoms with van der Waals surface area (Å²) >= 11 is 1.32. The van der Waals surface area contributed by atoms with Crippen molar-refractivity contribution in [3.05, 3.63) is 81.0 Å². The molecule has 0 saturated carbocycles. The van der Waals surface area contributed by atoms with Crippen LogP contribution in [0.3, 0.4) is 0 Å². The van der Waals surface area contributed by atoms with Gasteiger partial charge in [-0.25, -0.2) is 19.4 Å². The third-order valence-corrected chi connectivity index (χ3v) is 9.32. The standard InChI is InChI=1S/C40H48N4O9S/c1-23(24(2)45)44(21-26-18-33(25(3)46)54-22-26)34(47)30-11-10-29-20-32(17-14-28(29)19-30)51-35(48)27-12-15-31(16-13-27)41-36(42-37(49)52-39(4,5)6)43-38(50)53-40(7,8)9/h12-18,20,22-23,30H,10-11,19,21H2,1-9H3,(H2,41,42,43,49,50)/t23-,30?/m1/s1. The number of rotatable bonds is 9. The lowest BCUT2D eigenvalue weighted by molar-refractivity contribution is -0.143. The summed E-state index contributed by atoms with van der Waals surface area (Å²) in [6, 6.07) is 12.5. The van der Waals surface area contributed by atoms with Crippen LogP contribution in [0.5, 0.6) is 5.75 Å². The van der Waals surface area contributed by atoms with Crippen molar-refractivity contribution in [1.82, 2.24) is 15.5 Å². The molecule has 1 aromatic heterocycles. The first-order valence-corrected chi connectivity index (χ1v) is 18.5. The maximum absolute atomic E-state index is 13.8. The topological polar surface area (TPSA) is 170 Å². The summed E-state index contributed by atoms with van der Waals surface area (Å²) in [7, 11) is 0. The van der Waals surface area contributed by atoms with Gasteiger partial charge < -0.3 is 19.1 Å². The van der Waals surface area contributed by atoms with Crippen molar-refractivity contribution in [2.75, 3.05) is 0 Å². The summed E-state index contributed by atoms with van der Waals surface area (Å²) in [5, 5.41) is 6.67. The number of esters is 1. The number of ketones is 2. The van der Waals surface area contributed by atoms with E-state index in [9.17, 15) is 28.8 Å². The van der Waals surface area contributed by atoms with Crippen LogP contribution in [0.15, 0.2) is 58.9 Å². The molecule has 1 unspecified atom stereocenters. The fourth-order valence-electron chi connectivity index (χ4n) is 5.56. The highest BCUT2D eigenvalue weighted by Crippen LogP contribution is 2.31. The Morgan fingerprint density at radius 3 is 2.02 bits per heavy atom. The first kappa shape index (κ1) is 41.4. The molecule has 0 spiro atoms. The first-order chi connectivity index (χ1) is 25.2. The number of hydrogen-bond acceptors (Lipinski definition) is 11. The van der Waals surface area contributed by atoms with E-state index in [2.05, 4.69) is 15.6 Å². The molecule has 3 aromatic rings. The number of aryl methyl sites for hydroxylation is 1. The summed E-state index contributed by atoms with van der Waals surface area (Å²) in [5.74, 6) is -1.11. The number of Topliss-reactive ketones (excluding diaryl/α,β-unsaturated/α-hetero) is 2. The third kappa shape index (κ3) is 12.1. The highest BCUT2D eigenvalue weighted by Gasteiger charge is 2.33. The molecule has 2 aromatic carbocycles. The van der Waals surface area contributed by atoms with E-state index in [1.165, 1.54) is 49.4 Å². The zero-order valence-electron chi connectivity index (χ0n) is 32.2. The SMILES string of the molecule is CC(=O)c1cc(CN(C(=O)C2CCc3cc(OC(=O)c4ccc(N=C(NC(=O)OC(C)(C)C)NC(=O)OC(C)(C)C)cc4)ccc3C2)[C@H](C)C(C)=O)cs1. The van der Waals surface area contributed by atoms with Gasteiger partial charge in [-0.2, -0.15) is 0 Å². The average molecular weight is 761 g/mol. The molecule has 4 rings (SSSR count). The lowest BCUT2D eigenvalue weighted by Crippen LogP contribution is -2.47. The minimum atomic E-state index is -0.839. The number of guanidine groups is 1. The van der Waals surface area contributed by atoms with Crippen LogP contribution in [-0.4, -0.2) is 63.7 Å². The van der Waals surface area contributed by atoms with E-state index in [4.69, 9.17) is 14.2 Å². The van der Waals surface area contributed by atoms with Crippen LogP contribution in [0.25, 0.3) is 0 Å². The molecule has 0 saturated heterocycles. The first-order valence-electron chi connectivity index (χ1n) is 17.6. The van der Waals surface area contributed by atoms with Crippen LogP contribution in [-0.2, 0) is 38.4 Å². The normalized spacial score (nSPS) is 14.4. The quantitative estimate of drug-likeness (QED) is 0.0746. The molecular formula is C40H48N4O9S. The van der Waals surface area contributed by atoms with Gasteiger partial charge in [0.2, 0.25) is 11.9 Å². The highest BCUT2D eigenvalue weighted by molar-refractivity contribution is 7.12. The molecule has 1 aliphatic rings. The van der Waals surface area contributed by atoms with Gasteiger partial charge in [0.25, 0.3) is 0 Å². The van der Waals surface area contributed by atoms with Crippen molar-refractivity contribution in [1.29, 1.82) is 0 Å². The zero-order valence-corrected chi connectivity index (χ0v) is 33.0. The monoisotopic (exact) mass is 760 g/mol. The molecule has 0 radical (unpaired) electrons. The molecule has 0 bridgehead atoms. The van der Waals surface area contributed by atoms with E-state index < -0.39 is 35.4 Å². The minimum absolute atomic E-state index is 0.0449. The Labute approximate surface area is 319 Å². The molecule has 1 heterocycles. The van der Waals surface area contributed by atoms with Crippen molar-refractivity contribution in [3.63, 3.8) is 0 Å². The smallest absolute Gasteiger partial charge is 0.414 e. The average Bonchev–Trinajstić information content (AvgIpc) is 3.54. The molecule has 0 fully saturated rings. The number of alkyl carbamates (subject to hydrolysis) is 2. The van der Waals surface area contributed by atoms with E-state index in [-0.39, 0.29) is 41.5 Å². The Kier molecular flexibility index (Phi) is 13.2. The van der Waals surface area contributed by atoms with Crippen molar-refractivity contribution < 1.29 is 43.0 Å². The number of thiophene rings is 1. The summed E-state index contributed by atoms with van der Waals surface area (Å²) in [6.07, 6.45) is -0.0680. The number of benzene rings is 2. The summed E-state index contributed by atoms with van der Waals surface area (Å²) < 4.78 is 16.2. The molecule has 14 heteroatoms. The van der Waals surface area contributed by atoms with Crippen molar-refractivity contribution >= 4 is 58.6 Å². The van der Waals surface area contributed by atoms with Gasteiger partial charge in [0.15, 0.2) is 11.6 Å². The Hall–Kier alpha value is -5.37. The van der Waals surface area contributed by atoms with Gasteiger partial charge in [0.05, 0.1) is 22.2 Å². The Balaban J connectivity index is 1.43. The number of carbonyl (C=O) groups is 6. The van der Waals surface area contributed by atoms with Gasteiger partial charge in [-0.1, -0.05) is 6.07 Å². The van der Waals surface area contributed by atoms with Gasteiger partial charge in [-0.05, 0) is 146 Å². The maximum Gasteiger partial charge on any atom is 0.414 e. The Morgan fingerprint density at radius 2 is 1.48 bits per heavy atom. The molecule has 288 valence electrons. The predicted molar refractivity (Wildman–Crippen MR) is 204 cm³/mol. The van der Waals surface area contributed by atoms with Gasteiger partial charge in [-0.15, -0.1) is 11.3 Å².